The van der Waals surface area contributed by atoms with Gasteiger partial charge in [0.15, 0.2) is 5.78 Å². The minimum absolute atomic E-state index is 0.0252. The number of imide groups is 2. The fourth-order valence-corrected chi connectivity index (χ4v) is 4.40. The molecule has 4 rings (SSSR count). The van der Waals surface area contributed by atoms with Crippen LogP contribution in [0, 0.1) is 13.8 Å². The zero-order chi connectivity index (χ0) is 22.1. The highest BCUT2D eigenvalue weighted by atomic mass is 32.1. The van der Waals surface area contributed by atoms with E-state index in [4.69, 9.17) is 0 Å². The van der Waals surface area contributed by atoms with Gasteiger partial charge in [-0.05, 0) is 36.9 Å². The first-order chi connectivity index (χ1) is 14.9. The molecule has 0 unspecified atom stereocenters. The van der Waals surface area contributed by atoms with E-state index in [0.29, 0.717) is 12.1 Å². The molecule has 1 aliphatic rings. The molecule has 3 aromatic rings. The molecule has 0 bridgehead atoms. The third-order valence-electron chi connectivity index (χ3n) is 5.39. The highest BCUT2D eigenvalue weighted by Gasteiger charge is 2.45. The molecule has 3 heterocycles. The van der Waals surface area contributed by atoms with Crippen molar-refractivity contribution in [2.45, 2.75) is 26.9 Å². The Morgan fingerprint density at radius 3 is 2.29 bits per heavy atom. The zero-order valence-corrected chi connectivity index (χ0v) is 18.0. The number of aromatic nitrogens is 1. The van der Waals surface area contributed by atoms with Crippen molar-refractivity contribution < 1.29 is 19.2 Å². The minimum Gasteiger partial charge on any atom is -0.344 e. The molecular weight excluding hydrogens is 414 g/mol. The SMILES string of the molecule is Cc1cc(C(=O)CN2C(=O)C(=O)N(Cc3cccs3)C2=O)c(C)n1Cc1ccccc1. The molecule has 0 atom stereocenters. The number of nitrogens with zero attached hydrogens (tertiary/aromatic N) is 3. The standard InChI is InChI=1S/C23H21N3O4S/c1-15-11-19(16(2)24(15)12-17-7-4-3-5-8-17)20(27)14-26-22(29)21(28)25(23(26)30)13-18-9-6-10-31-18/h3-11H,12-14H2,1-2H3. The second kappa shape index (κ2) is 8.31. The van der Waals surface area contributed by atoms with Crippen molar-refractivity contribution in [2.75, 3.05) is 6.54 Å². The molecule has 2 aromatic heterocycles. The lowest BCUT2D eigenvalue weighted by atomic mass is 10.1. The van der Waals surface area contributed by atoms with Crippen LogP contribution in [0.15, 0.2) is 53.9 Å². The monoisotopic (exact) mass is 435 g/mol. The molecule has 7 nitrogen and oxygen atoms in total. The molecular formula is C23H21N3O4S. The molecule has 1 aromatic carbocycles. The van der Waals surface area contributed by atoms with Crippen LogP contribution in [0.4, 0.5) is 4.79 Å². The summed E-state index contributed by atoms with van der Waals surface area (Å²) in [5.74, 6) is -2.24. The lowest BCUT2D eigenvalue weighted by molar-refractivity contribution is -0.143. The van der Waals surface area contributed by atoms with Crippen molar-refractivity contribution in [2.24, 2.45) is 0 Å². The van der Waals surface area contributed by atoms with Crippen LogP contribution in [0.5, 0.6) is 0 Å². The average molecular weight is 436 g/mol. The summed E-state index contributed by atoms with van der Waals surface area (Å²) in [6.07, 6.45) is 0. The van der Waals surface area contributed by atoms with Gasteiger partial charge in [0.2, 0.25) is 0 Å². The number of carbonyl (C=O) groups is 4. The van der Waals surface area contributed by atoms with Crippen molar-refractivity contribution in [3.05, 3.63) is 81.3 Å². The molecule has 8 heteroatoms. The van der Waals surface area contributed by atoms with Crippen LogP contribution < -0.4 is 0 Å². The van der Waals surface area contributed by atoms with Crippen LogP contribution in [0.2, 0.25) is 0 Å². The summed E-state index contributed by atoms with van der Waals surface area (Å²) in [6, 6.07) is 14.5. The van der Waals surface area contributed by atoms with E-state index in [1.807, 2.05) is 54.1 Å². The van der Waals surface area contributed by atoms with E-state index >= 15 is 0 Å². The second-order valence-corrected chi connectivity index (χ2v) is 8.46. The summed E-state index contributed by atoms with van der Waals surface area (Å²) in [5, 5.41) is 1.83. The van der Waals surface area contributed by atoms with Crippen LogP contribution in [0.3, 0.4) is 0 Å². The molecule has 1 aliphatic heterocycles. The van der Waals surface area contributed by atoms with E-state index in [1.165, 1.54) is 11.3 Å². The average Bonchev–Trinajstić information content (AvgIpc) is 3.43. The maximum absolute atomic E-state index is 13.0. The van der Waals surface area contributed by atoms with Gasteiger partial charge in [0.05, 0.1) is 13.1 Å². The molecule has 1 saturated heterocycles. The number of rotatable bonds is 7. The fourth-order valence-electron chi connectivity index (χ4n) is 3.71. The number of benzene rings is 1. The molecule has 0 aliphatic carbocycles. The van der Waals surface area contributed by atoms with Gasteiger partial charge >= 0.3 is 17.8 Å². The van der Waals surface area contributed by atoms with Crippen LogP contribution >= 0.6 is 11.3 Å². The highest BCUT2D eigenvalue weighted by Crippen LogP contribution is 2.22. The Morgan fingerprint density at radius 2 is 1.61 bits per heavy atom. The van der Waals surface area contributed by atoms with Crippen LogP contribution in [-0.4, -0.2) is 44.5 Å². The lowest BCUT2D eigenvalue weighted by Crippen LogP contribution is -2.36. The molecule has 0 spiro atoms. The zero-order valence-electron chi connectivity index (χ0n) is 17.2. The quantitative estimate of drug-likeness (QED) is 0.324. The Bertz CT molecular complexity index is 1170. The maximum atomic E-state index is 13.0. The van der Waals surface area contributed by atoms with Crippen molar-refractivity contribution in [1.29, 1.82) is 0 Å². The van der Waals surface area contributed by atoms with Gasteiger partial charge in [-0.1, -0.05) is 36.4 Å². The normalized spacial score (nSPS) is 14.1. The Balaban J connectivity index is 1.51. The summed E-state index contributed by atoms with van der Waals surface area (Å²) in [4.78, 5) is 52.7. The van der Waals surface area contributed by atoms with E-state index in [9.17, 15) is 19.2 Å². The molecule has 31 heavy (non-hydrogen) atoms. The van der Waals surface area contributed by atoms with Gasteiger partial charge in [0.1, 0.15) is 0 Å². The minimum atomic E-state index is -0.965. The Labute approximate surface area is 183 Å². The summed E-state index contributed by atoms with van der Waals surface area (Å²) >= 11 is 1.39. The molecule has 0 saturated carbocycles. The number of thiophene rings is 1. The summed E-state index contributed by atoms with van der Waals surface area (Å²) in [6.45, 7) is 3.92. The Hall–Kier alpha value is -3.52. The number of amides is 4. The predicted molar refractivity (Wildman–Crippen MR) is 116 cm³/mol. The third kappa shape index (κ3) is 3.94. The number of hydrogen-bond acceptors (Lipinski definition) is 5. The van der Waals surface area contributed by atoms with Crippen LogP contribution in [0.1, 0.15) is 32.2 Å². The van der Waals surface area contributed by atoms with Crippen LogP contribution in [0.25, 0.3) is 0 Å². The van der Waals surface area contributed by atoms with E-state index in [-0.39, 0.29) is 12.3 Å². The van der Waals surface area contributed by atoms with Gasteiger partial charge in [0.25, 0.3) is 0 Å². The highest BCUT2D eigenvalue weighted by molar-refractivity contribution is 7.09. The van der Waals surface area contributed by atoms with Crippen molar-refractivity contribution >= 4 is 35.0 Å². The fraction of sp³-hybridized carbons (Fsp3) is 0.217. The topological polar surface area (TPSA) is 79.7 Å². The van der Waals surface area contributed by atoms with Gasteiger partial charge in [-0.3, -0.25) is 19.3 Å². The number of aryl methyl sites for hydroxylation is 1. The number of carbonyl (C=O) groups excluding carboxylic acids is 4. The number of Topliss-reactive ketones (excluding diaryl/α,β-unsaturated/α-hetero) is 1. The van der Waals surface area contributed by atoms with Crippen molar-refractivity contribution in [3.8, 4) is 0 Å². The van der Waals surface area contributed by atoms with Gasteiger partial charge in [-0.15, -0.1) is 11.3 Å². The van der Waals surface area contributed by atoms with Gasteiger partial charge in [0, 0.05) is 28.4 Å². The Kier molecular flexibility index (Phi) is 5.56. The van der Waals surface area contributed by atoms with Gasteiger partial charge in [-0.2, -0.15) is 0 Å². The van der Waals surface area contributed by atoms with Crippen LogP contribution in [-0.2, 0) is 22.7 Å². The maximum Gasteiger partial charge on any atom is 0.335 e. The van der Waals surface area contributed by atoms with E-state index < -0.39 is 24.4 Å². The van der Waals surface area contributed by atoms with Gasteiger partial charge in [-0.25, -0.2) is 9.69 Å². The number of urea groups is 1. The third-order valence-corrected chi connectivity index (χ3v) is 6.25. The molecule has 0 N–H and O–H groups in total. The summed E-state index contributed by atoms with van der Waals surface area (Å²) in [5.41, 5.74) is 3.20. The van der Waals surface area contributed by atoms with E-state index in [0.717, 1.165) is 31.6 Å². The summed E-state index contributed by atoms with van der Waals surface area (Å²) in [7, 11) is 0. The van der Waals surface area contributed by atoms with E-state index in [2.05, 4.69) is 0 Å². The number of hydrogen-bond donors (Lipinski definition) is 0. The molecule has 0 radical (unpaired) electrons. The number of ketones is 1. The largest absolute Gasteiger partial charge is 0.344 e. The van der Waals surface area contributed by atoms with E-state index in [1.54, 1.807) is 18.2 Å². The first-order valence-corrected chi connectivity index (χ1v) is 10.7. The molecule has 4 amide bonds. The Morgan fingerprint density at radius 1 is 0.903 bits per heavy atom. The predicted octanol–water partition coefficient (Wildman–Crippen LogP) is 3.39. The van der Waals surface area contributed by atoms with Gasteiger partial charge < -0.3 is 4.57 Å². The summed E-state index contributed by atoms with van der Waals surface area (Å²) < 4.78 is 2.02. The first-order valence-electron chi connectivity index (χ1n) is 9.80. The lowest BCUT2D eigenvalue weighted by Gasteiger charge is -2.14. The van der Waals surface area contributed by atoms with Crippen molar-refractivity contribution in [1.82, 2.24) is 14.4 Å². The van der Waals surface area contributed by atoms with Crippen molar-refractivity contribution in [3.63, 3.8) is 0 Å². The smallest absolute Gasteiger partial charge is 0.335 e. The molecule has 1 fully saturated rings. The first kappa shape index (κ1) is 20.7. The molecule has 158 valence electrons. The second-order valence-electron chi connectivity index (χ2n) is 7.42.